The molecule has 1 fully saturated rings. The van der Waals surface area contributed by atoms with Crippen LogP contribution in [0.25, 0.3) is 0 Å². The lowest BCUT2D eigenvalue weighted by molar-refractivity contribution is 0.263. The van der Waals surface area contributed by atoms with Crippen molar-refractivity contribution in [2.45, 2.75) is 17.7 Å². The van der Waals surface area contributed by atoms with E-state index in [2.05, 4.69) is 5.32 Å². The predicted molar refractivity (Wildman–Crippen MR) is 76.8 cm³/mol. The summed E-state index contributed by atoms with van der Waals surface area (Å²) in [5, 5.41) is 2.88. The Kier molecular flexibility index (Phi) is 5.01. The van der Waals surface area contributed by atoms with E-state index in [4.69, 9.17) is 11.6 Å². The van der Waals surface area contributed by atoms with Crippen molar-refractivity contribution in [2.75, 3.05) is 26.7 Å². The van der Waals surface area contributed by atoms with Gasteiger partial charge >= 0.3 is 0 Å². The molecule has 7 heteroatoms. The first-order chi connectivity index (χ1) is 9.46. The van der Waals surface area contributed by atoms with Crippen LogP contribution in [0.15, 0.2) is 23.1 Å². The molecule has 20 heavy (non-hydrogen) atoms. The van der Waals surface area contributed by atoms with Crippen molar-refractivity contribution in [3.05, 3.63) is 29.0 Å². The molecule has 1 aliphatic heterocycles. The maximum Gasteiger partial charge on any atom is 0.246 e. The smallest absolute Gasteiger partial charge is 0.246 e. The zero-order valence-electron chi connectivity index (χ0n) is 11.3. The summed E-state index contributed by atoms with van der Waals surface area (Å²) in [5.74, 6) is -0.615. The van der Waals surface area contributed by atoms with Crippen molar-refractivity contribution < 1.29 is 12.8 Å². The van der Waals surface area contributed by atoms with Crippen LogP contribution in [0.5, 0.6) is 0 Å². The molecule has 1 aromatic carbocycles. The molecule has 0 aliphatic carbocycles. The second-order valence-corrected chi connectivity index (χ2v) is 7.29. The van der Waals surface area contributed by atoms with E-state index in [1.807, 2.05) is 7.05 Å². The van der Waals surface area contributed by atoms with Crippen molar-refractivity contribution in [2.24, 2.45) is 5.92 Å². The highest BCUT2D eigenvalue weighted by molar-refractivity contribution is 7.89. The minimum absolute atomic E-state index is 0.171. The van der Waals surface area contributed by atoms with Gasteiger partial charge in [-0.1, -0.05) is 17.7 Å². The third-order valence-corrected chi connectivity index (χ3v) is 5.68. The number of benzene rings is 1. The molecule has 0 spiro atoms. The van der Waals surface area contributed by atoms with Gasteiger partial charge in [0.25, 0.3) is 0 Å². The van der Waals surface area contributed by atoms with Crippen LogP contribution in [0.4, 0.5) is 4.39 Å². The molecule has 1 N–H and O–H groups in total. The maximum absolute atomic E-state index is 13.9. The summed E-state index contributed by atoms with van der Waals surface area (Å²) in [6, 6.07) is 4.06. The number of nitrogens with zero attached hydrogens (tertiary/aromatic N) is 1. The first-order valence-corrected chi connectivity index (χ1v) is 8.37. The number of rotatable bonds is 4. The lowest BCUT2D eigenvalue weighted by atomic mass is 10.00. The van der Waals surface area contributed by atoms with Gasteiger partial charge in [0.1, 0.15) is 4.90 Å². The molecule has 2 rings (SSSR count). The van der Waals surface area contributed by atoms with Gasteiger partial charge < -0.3 is 5.32 Å². The van der Waals surface area contributed by atoms with Gasteiger partial charge in [-0.25, -0.2) is 12.8 Å². The number of hydrogen-bond donors (Lipinski definition) is 1. The molecule has 4 nitrogen and oxygen atoms in total. The first kappa shape index (κ1) is 15.7. The maximum atomic E-state index is 13.9. The standard InChI is InChI=1S/C13H18ClFN2O2S/c1-16-8-10-4-3-7-17(9-10)20(18,19)12-6-2-5-11(14)13(12)15/h2,5-6,10,16H,3-4,7-9H2,1H3/t10-/m0/s1. The summed E-state index contributed by atoms with van der Waals surface area (Å²) in [6.07, 6.45) is 1.76. The Morgan fingerprint density at radius 2 is 2.25 bits per heavy atom. The van der Waals surface area contributed by atoms with Gasteiger partial charge in [-0.3, -0.25) is 0 Å². The van der Waals surface area contributed by atoms with Crippen molar-refractivity contribution in [3.8, 4) is 0 Å². The average Bonchev–Trinajstić information content (AvgIpc) is 2.42. The summed E-state index contributed by atoms with van der Waals surface area (Å²) in [4.78, 5) is -0.338. The summed E-state index contributed by atoms with van der Waals surface area (Å²) in [5.41, 5.74) is 0. The van der Waals surface area contributed by atoms with Crippen LogP contribution >= 0.6 is 11.6 Å². The van der Waals surface area contributed by atoms with Gasteiger partial charge in [0.15, 0.2) is 5.82 Å². The van der Waals surface area contributed by atoms with E-state index >= 15 is 0 Å². The lowest BCUT2D eigenvalue weighted by Gasteiger charge is -2.31. The molecular weight excluding hydrogens is 303 g/mol. The molecule has 1 heterocycles. The summed E-state index contributed by atoms with van der Waals surface area (Å²) < 4.78 is 40.3. The van der Waals surface area contributed by atoms with E-state index in [0.29, 0.717) is 13.1 Å². The van der Waals surface area contributed by atoms with E-state index in [9.17, 15) is 12.8 Å². The fourth-order valence-corrected chi connectivity index (χ4v) is 4.40. The largest absolute Gasteiger partial charge is 0.319 e. The van der Waals surface area contributed by atoms with Crippen molar-refractivity contribution in [1.82, 2.24) is 9.62 Å². The Morgan fingerprint density at radius 1 is 1.50 bits per heavy atom. The molecule has 1 aliphatic rings. The van der Waals surface area contributed by atoms with Gasteiger partial charge in [-0.15, -0.1) is 0 Å². The second-order valence-electron chi connectivity index (χ2n) is 4.98. The highest BCUT2D eigenvalue weighted by Gasteiger charge is 2.32. The zero-order chi connectivity index (χ0) is 14.8. The molecule has 0 amide bonds. The van der Waals surface area contributed by atoms with Crippen LogP contribution in [0, 0.1) is 11.7 Å². The number of piperidine rings is 1. The fraction of sp³-hybridized carbons (Fsp3) is 0.538. The molecule has 1 atom stereocenters. The molecule has 1 aromatic rings. The Labute approximate surface area is 124 Å². The van der Waals surface area contributed by atoms with E-state index in [0.717, 1.165) is 19.4 Å². The van der Waals surface area contributed by atoms with Crippen LogP contribution in [0.1, 0.15) is 12.8 Å². The Bertz CT molecular complexity index is 578. The van der Waals surface area contributed by atoms with Crippen LogP contribution in [0.2, 0.25) is 5.02 Å². The number of hydrogen-bond acceptors (Lipinski definition) is 3. The first-order valence-electron chi connectivity index (χ1n) is 6.55. The monoisotopic (exact) mass is 320 g/mol. The third kappa shape index (κ3) is 3.14. The molecule has 0 radical (unpaired) electrons. The van der Waals surface area contributed by atoms with E-state index in [-0.39, 0.29) is 15.8 Å². The summed E-state index contributed by atoms with van der Waals surface area (Å²) in [6.45, 7) is 1.59. The topological polar surface area (TPSA) is 49.4 Å². The summed E-state index contributed by atoms with van der Waals surface area (Å²) in [7, 11) is -1.98. The van der Waals surface area contributed by atoms with Crippen molar-refractivity contribution >= 4 is 21.6 Å². The number of sulfonamides is 1. The van der Waals surface area contributed by atoms with Crippen molar-refractivity contribution in [3.63, 3.8) is 0 Å². The normalized spacial score (nSPS) is 21.1. The van der Waals surface area contributed by atoms with Crippen molar-refractivity contribution in [1.29, 1.82) is 0 Å². The Balaban J connectivity index is 2.28. The zero-order valence-corrected chi connectivity index (χ0v) is 12.8. The molecule has 112 valence electrons. The van der Waals surface area contributed by atoms with Crippen LogP contribution in [0.3, 0.4) is 0 Å². The molecule has 0 bridgehead atoms. The Hall–Kier alpha value is -0.690. The number of nitrogens with one attached hydrogen (secondary N) is 1. The van der Waals surface area contributed by atoms with Gasteiger partial charge in [0.2, 0.25) is 10.0 Å². The molecule has 0 saturated carbocycles. The van der Waals surface area contributed by atoms with Crippen LogP contribution in [-0.2, 0) is 10.0 Å². The highest BCUT2D eigenvalue weighted by Crippen LogP contribution is 2.27. The van der Waals surface area contributed by atoms with Crippen LogP contribution < -0.4 is 5.32 Å². The van der Waals surface area contributed by atoms with Gasteiger partial charge in [0, 0.05) is 13.1 Å². The molecule has 0 unspecified atom stereocenters. The highest BCUT2D eigenvalue weighted by atomic mass is 35.5. The van der Waals surface area contributed by atoms with Gasteiger partial charge in [-0.2, -0.15) is 4.31 Å². The summed E-state index contributed by atoms with van der Waals surface area (Å²) >= 11 is 5.67. The second kappa shape index (κ2) is 6.39. The quantitative estimate of drug-likeness (QED) is 0.924. The number of halogens is 2. The van der Waals surface area contributed by atoms with Gasteiger partial charge in [0.05, 0.1) is 5.02 Å². The molecular formula is C13H18ClFN2O2S. The lowest BCUT2D eigenvalue weighted by Crippen LogP contribution is -2.42. The SMILES string of the molecule is CNC[C@@H]1CCCN(S(=O)(=O)c2cccc(Cl)c2F)C1. The molecule has 0 aromatic heterocycles. The van der Waals surface area contributed by atoms with Gasteiger partial charge in [-0.05, 0) is 44.5 Å². The van der Waals surface area contributed by atoms with Crippen LogP contribution in [-0.4, -0.2) is 39.4 Å². The fourth-order valence-electron chi connectivity index (χ4n) is 2.52. The third-order valence-electron chi connectivity index (χ3n) is 3.51. The van der Waals surface area contributed by atoms with E-state index in [1.54, 1.807) is 0 Å². The minimum atomic E-state index is -3.82. The minimum Gasteiger partial charge on any atom is -0.319 e. The predicted octanol–water partition coefficient (Wildman–Crippen LogP) is 2.10. The average molecular weight is 321 g/mol. The van der Waals surface area contributed by atoms with E-state index < -0.39 is 15.8 Å². The van der Waals surface area contributed by atoms with E-state index in [1.165, 1.54) is 22.5 Å². The molecule has 1 saturated heterocycles. The Morgan fingerprint density at radius 3 is 2.95 bits per heavy atom.